The lowest BCUT2D eigenvalue weighted by atomic mass is 9.97. The molecule has 13 heteroatoms. The van der Waals surface area contributed by atoms with E-state index in [1.807, 2.05) is 36.3 Å². The van der Waals surface area contributed by atoms with Crippen molar-refractivity contribution in [2.24, 2.45) is 7.05 Å². The highest BCUT2D eigenvalue weighted by molar-refractivity contribution is 9.10. The summed E-state index contributed by atoms with van der Waals surface area (Å²) in [6.45, 7) is 8.12. The molecule has 0 saturated carbocycles. The summed E-state index contributed by atoms with van der Waals surface area (Å²) < 4.78 is 14.5. The number of benzene rings is 2. The molecule has 0 radical (unpaired) electrons. The number of aryl methyl sites for hydroxylation is 1. The van der Waals surface area contributed by atoms with Gasteiger partial charge in [-0.15, -0.1) is 0 Å². The van der Waals surface area contributed by atoms with Crippen LogP contribution in [0.4, 0.5) is 28.8 Å². The van der Waals surface area contributed by atoms with Crippen LogP contribution in [0, 0.1) is 0 Å². The normalized spacial score (nSPS) is 14.7. The Kier molecular flexibility index (Phi) is 7.58. The van der Waals surface area contributed by atoms with E-state index < -0.39 is 7.92 Å². The summed E-state index contributed by atoms with van der Waals surface area (Å²) in [6.07, 6.45) is 9.99. The second kappa shape index (κ2) is 11.7. The predicted octanol–water partition coefficient (Wildman–Crippen LogP) is 5.21. The van der Waals surface area contributed by atoms with E-state index in [2.05, 4.69) is 70.9 Å². The fraction of sp³-hybridized carbons (Fsp3) is 0.300. The van der Waals surface area contributed by atoms with Gasteiger partial charge in [0.15, 0.2) is 0 Å². The molecule has 2 aliphatic heterocycles. The maximum atomic E-state index is 6.23. The van der Waals surface area contributed by atoms with Gasteiger partial charge in [-0.1, -0.05) is 7.92 Å². The number of morpholine rings is 1. The Balaban J connectivity index is 1.27. The molecule has 5 heterocycles. The van der Waals surface area contributed by atoms with E-state index in [0.29, 0.717) is 31.6 Å². The molecule has 2 N–H and O–H groups in total. The second-order valence-electron chi connectivity index (χ2n) is 10.6. The molecule has 11 nitrogen and oxygen atoms in total. The van der Waals surface area contributed by atoms with E-state index in [-0.39, 0.29) is 0 Å². The van der Waals surface area contributed by atoms with Crippen molar-refractivity contribution in [1.29, 1.82) is 0 Å². The predicted molar refractivity (Wildman–Crippen MR) is 175 cm³/mol. The monoisotopic (exact) mass is 659 g/mol. The van der Waals surface area contributed by atoms with Gasteiger partial charge in [0.2, 0.25) is 5.95 Å². The topological polar surface area (TPSA) is 115 Å². The molecule has 220 valence electrons. The first kappa shape index (κ1) is 27.9. The van der Waals surface area contributed by atoms with Crippen molar-refractivity contribution in [3.05, 3.63) is 59.2 Å². The zero-order valence-electron chi connectivity index (χ0n) is 24.1. The fourth-order valence-corrected chi connectivity index (χ4v) is 7.22. The van der Waals surface area contributed by atoms with Gasteiger partial charge in [-0.05, 0) is 47.5 Å². The Morgan fingerprint density at radius 3 is 2.60 bits per heavy atom. The summed E-state index contributed by atoms with van der Waals surface area (Å²) in [4.78, 5) is 21.0. The number of aromatic nitrogens is 6. The highest BCUT2D eigenvalue weighted by Gasteiger charge is 2.29. The van der Waals surface area contributed by atoms with Gasteiger partial charge in [0.25, 0.3) is 0 Å². The standard InChI is InChI=1S/C30H31BrN9O2P/c1-39-17-18(15-35-39)20-14-24(27-19(6-11-42-27)26(20)40-9-12-41-13-10-40)37-30-34-16-21(31)29(38-30)36-23-5-4-22-25(28(23)43(2)3)33-8-7-32-22/h4-5,7-8,14-17H,6,9-13H2,1-3H3,(H2,34,36,37,38). The lowest BCUT2D eigenvalue weighted by Crippen LogP contribution is -2.37. The van der Waals surface area contributed by atoms with Gasteiger partial charge in [0.1, 0.15) is 11.6 Å². The van der Waals surface area contributed by atoms with E-state index in [1.54, 1.807) is 18.6 Å². The molecule has 2 aromatic carbocycles. The van der Waals surface area contributed by atoms with Gasteiger partial charge < -0.3 is 25.0 Å². The number of halogens is 1. The minimum Gasteiger partial charge on any atom is -0.491 e. The van der Waals surface area contributed by atoms with E-state index in [9.17, 15) is 0 Å². The fourth-order valence-electron chi connectivity index (χ4n) is 5.72. The lowest BCUT2D eigenvalue weighted by Gasteiger charge is -2.32. The molecule has 7 rings (SSSR count). The van der Waals surface area contributed by atoms with Gasteiger partial charge in [0.05, 0.1) is 52.9 Å². The van der Waals surface area contributed by atoms with Gasteiger partial charge in [-0.25, -0.2) is 4.98 Å². The maximum Gasteiger partial charge on any atom is 0.229 e. The summed E-state index contributed by atoms with van der Waals surface area (Å²) in [6, 6.07) is 6.16. The molecule has 2 aliphatic rings. The maximum absolute atomic E-state index is 6.23. The number of anilines is 5. The molecule has 1 saturated heterocycles. The average Bonchev–Trinajstić information content (AvgIpc) is 3.68. The second-order valence-corrected chi connectivity index (χ2v) is 13.7. The molecule has 0 amide bonds. The van der Waals surface area contributed by atoms with Crippen LogP contribution < -0.4 is 25.6 Å². The van der Waals surface area contributed by atoms with Crippen molar-refractivity contribution in [2.75, 3.05) is 61.8 Å². The first-order chi connectivity index (χ1) is 21.0. The van der Waals surface area contributed by atoms with Gasteiger partial charge in [-0.2, -0.15) is 10.1 Å². The molecule has 0 atom stereocenters. The van der Waals surface area contributed by atoms with Crippen LogP contribution in [-0.2, 0) is 18.2 Å². The molecule has 1 fully saturated rings. The number of hydrogen-bond acceptors (Lipinski definition) is 10. The minimum atomic E-state index is -0.480. The van der Waals surface area contributed by atoms with Crippen LogP contribution in [0.3, 0.4) is 0 Å². The third-order valence-electron chi connectivity index (χ3n) is 7.59. The Morgan fingerprint density at radius 1 is 0.977 bits per heavy atom. The van der Waals surface area contributed by atoms with Crippen molar-refractivity contribution >= 4 is 69.0 Å². The zero-order chi connectivity index (χ0) is 29.5. The molecule has 43 heavy (non-hydrogen) atoms. The molecular weight excluding hydrogens is 629 g/mol. The van der Waals surface area contributed by atoms with E-state index in [0.717, 1.165) is 68.6 Å². The molecule has 0 bridgehead atoms. The van der Waals surface area contributed by atoms with E-state index in [4.69, 9.17) is 14.5 Å². The Bertz CT molecular complexity index is 1820. The lowest BCUT2D eigenvalue weighted by molar-refractivity contribution is 0.122. The average molecular weight is 661 g/mol. The molecule has 0 unspecified atom stereocenters. The summed E-state index contributed by atoms with van der Waals surface area (Å²) in [7, 11) is 1.46. The van der Waals surface area contributed by atoms with Crippen LogP contribution in [0.2, 0.25) is 0 Å². The molecule has 5 aromatic rings. The van der Waals surface area contributed by atoms with Crippen LogP contribution in [0.25, 0.3) is 22.2 Å². The van der Waals surface area contributed by atoms with Crippen molar-refractivity contribution in [3.63, 3.8) is 0 Å². The summed E-state index contributed by atoms with van der Waals surface area (Å²) in [5, 5.41) is 12.6. The molecular formula is C30H31BrN9O2P. The first-order valence-corrected chi connectivity index (χ1v) is 17.1. The van der Waals surface area contributed by atoms with Crippen LogP contribution in [-0.4, -0.2) is 76.0 Å². The van der Waals surface area contributed by atoms with Crippen molar-refractivity contribution in [1.82, 2.24) is 29.7 Å². The van der Waals surface area contributed by atoms with Crippen LogP contribution in [0.5, 0.6) is 5.75 Å². The third-order valence-corrected chi connectivity index (χ3v) is 9.52. The number of nitrogens with one attached hydrogen (secondary N) is 2. The van der Waals surface area contributed by atoms with Crippen LogP contribution in [0.15, 0.2) is 53.7 Å². The number of nitrogens with zero attached hydrogens (tertiary/aromatic N) is 7. The Labute approximate surface area is 258 Å². The Hall–Kier alpha value is -3.86. The van der Waals surface area contributed by atoms with E-state index >= 15 is 0 Å². The van der Waals surface area contributed by atoms with E-state index in [1.165, 1.54) is 11.3 Å². The highest BCUT2D eigenvalue weighted by Crippen LogP contribution is 2.47. The summed E-state index contributed by atoms with van der Waals surface area (Å²) in [5.74, 6) is 1.94. The van der Waals surface area contributed by atoms with Crippen molar-refractivity contribution in [3.8, 4) is 16.9 Å². The smallest absolute Gasteiger partial charge is 0.229 e. The quantitative estimate of drug-likeness (QED) is 0.226. The minimum absolute atomic E-state index is 0.456. The highest BCUT2D eigenvalue weighted by atomic mass is 79.9. The van der Waals surface area contributed by atoms with Gasteiger partial charge in [-0.3, -0.25) is 14.6 Å². The molecule has 3 aromatic heterocycles. The van der Waals surface area contributed by atoms with Gasteiger partial charge in [0, 0.05) is 79.0 Å². The molecule has 0 aliphatic carbocycles. The summed E-state index contributed by atoms with van der Waals surface area (Å²) >= 11 is 3.64. The number of rotatable bonds is 7. The largest absolute Gasteiger partial charge is 0.491 e. The SMILES string of the molecule is Cn1cc(-c2cc(Nc3ncc(Br)c(Nc4ccc5nccnc5c4P(C)C)n3)c3c(c2N2CCOCC2)CCO3)cn1. The number of ether oxygens (including phenoxy) is 2. The third kappa shape index (κ3) is 5.39. The summed E-state index contributed by atoms with van der Waals surface area (Å²) in [5.41, 5.74) is 8.07. The van der Waals surface area contributed by atoms with Crippen LogP contribution in [0.1, 0.15) is 5.56 Å². The van der Waals surface area contributed by atoms with Crippen molar-refractivity contribution in [2.45, 2.75) is 6.42 Å². The van der Waals surface area contributed by atoms with Gasteiger partial charge >= 0.3 is 0 Å². The Morgan fingerprint density at radius 2 is 1.81 bits per heavy atom. The van der Waals surface area contributed by atoms with Crippen molar-refractivity contribution < 1.29 is 9.47 Å². The number of hydrogen-bond donors (Lipinski definition) is 2. The number of fused-ring (bicyclic) bond motifs is 2. The zero-order valence-corrected chi connectivity index (χ0v) is 26.6. The first-order valence-electron chi connectivity index (χ1n) is 14.1. The van der Waals surface area contributed by atoms with Crippen LogP contribution >= 0.6 is 23.9 Å². The molecule has 0 spiro atoms.